The maximum atomic E-state index is 12.6. The second-order valence-electron chi connectivity index (χ2n) is 14.5. The summed E-state index contributed by atoms with van der Waals surface area (Å²) in [5.74, 6) is -0.0616. The Hall–Kier alpha value is -1.59. The average molecular weight is 681 g/mol. The van der Waals surface area contributed by atoms with Crippen molar-refractivity contribution in [2.24, 2.45) is 5.92 Å². The second kappa shape index (κ2) is 36.7. The van der Waals surface area contributed by atoms with Gasteiger partial charge in [-0.1, -0.05) is 188 Å². The normalized spacial score (nSPS) is 12.5. The molecule has 0 amide bonds. The molecule has 0 bridgehead atoms. The molecule has 0 aromatic carbocycles. The maximum absolute atomic E-state index is 12.6. The van der Waals surface area contributed by atoms with Crippen LogP contribution in [0.3, 0.4) is 0 Å². The number of carbonyl (C=O) groups is 3. The highest BCUT2D eigenvalue weighted by Crippen LogP contribution is 2.16. The third-order valence-electron chi connectivity index (χ3n) is 9.65. The minimum Gasteiger partial charge on any atom is -0.462 e. The van der Waals surface area contributed by atoms with E-state index in [-0.39, 0.29) is 31.1 Å². The molecule has 0 saturated carbocycles. The summed E-state index contributed by atoms with van der Waals surface area (Å²) in [7, 11) is 0. The molecule has 0 rings (SSSR count). The number of unbranched alkanes of at least 4 members (excludes halogenated alkanes) is 23. The van der Waals surface area contributed by atoms with Crippen LogP contribution in [0.15, 0.2) is 0 Å². The van der Waals surface area contributed by atoms with Crippen molar-refractivity contribution < 1.29 is 28.6 Å². The van der Waals surface area contributed by atoms with Crippen LogP contribution in [-0.2, 0) is 28.6 Å². The predicted octanol–water partition coefficient (Wildman–Crippen LogP) is 12.8. The number of esters is 3. The zero-order valence-corrected chi connectivity index (χ0v) is 32.4. The van der Waals surface area contributed by atoms with Gasteiger partial charge in [0.15, 0.2) is 6.10 Å². The predicted molar refractivity (Wildman–Crippen MR) is 201 cm³/mol. The van der Waals surface area contributed by atoms with Crippen LogP contribution >= 0.6 is 0 Å². The zero-order chi connectivity index (χ0) is 35.3. The van der Waals surface area contributed by atoms with Crippen molar-refractivity contribution in [3.63, 3.8) is 0 Å². The summed E-state index contributed by atoms with van der Waals surface area (Å²) in [5, 5.41) is 0. The van der Waals surface area contributed by atoms with Crippen LogP contribution in [0.4, 0.5) is 0 Å². The van der Waals surface area contributed by atoms with E-state index in [2.05, 4.69) is 27.7 Å². The SMILES string of the molecule is CCCCCCCCCCCCCCCCCC(=O)O[C@@H](COC(=O)CCCCCCC)COC(=O)CCCCCCCCC(C)CC. The van der Waals surface area contributed by atoms with Crippen molar-refractivity contribution in [1.29, 1.82) is 0 Å². The summed E-state index contributed by atoms with van der Waals surface area (Å²) in [6.07, 6.45) is 34.0. The summed E-state index contributed by atoms with van der Waals surface area (Å²) >= 11 is 0. The quantitative estimate of drug-likeness (QED) is 0.0369. The lowest BCUT2D eigenvalue weighted by Crippen LogP contribution is -2.30. The van der Waals surface area contributed by atoms with E-state index in [4.69, 9.17) is 14.2 Å². The van der Waals surface area contributed by atoms with Gasteiger partial charge in [-0.2, -0.15) is 0 Å². The van der Waals surface area contributed by atoms with E-state index < -0.39 is 6.10 Å². The van der Waals surface area contributed by atoms with Gasteiger partial charge in [0, 0.05) is 19.3 Å². The Morgan fingerprint density at radius 2 is 0.729 bits per heavy atom. The molecule has 0 N–H and O–H groups in total. The molecule has 6 heteroatoms. The van der Waals surface area contributed by atoms with Gasteiger partial charge in [0.05, 0.1) is 0 Å². The Labute approximate surface area is 298 Å². The Morgan fingerprint density at radius 1 is 0.417 bits per heavy atom. The smallest absolute Gasteiger partial charge is 0.306 e. The molecule has 0 radical (unpaired) electrons. The molecule has 0 spiro atoms. The molecule has 0 aliphatic heterocycles. The Morgan fingerprint density at radius 3 is 1.08 bits per heavy atom. The highest BCUT2D eigenvalue weighted by molar-refractivity contribution is 5.71. The van der Waals surface area contributed by atoms with Crippen molar-refractivity contribution in [3.05, 3.63) is 0 Å². The third-order valence-corrected chi connectivity index (χ3v) is 9.65. The minimum absolute atomic E-state index is 0.0666. The van der Waals surface area contributed by atoms with Crippen LogP contribution < -0.4 is 0 Å². The van der Waals surface area contributed by atoms with E-state index in [9.17, 15) is 14.4 Å². The van der Waals surface area contributed by atoms with Crippen LogP contribution in [0, 0.1) is 5.92 Å². The van der Waals surface area contributed by atoms with E-state index in [1.807, 2.05) is 0 Å². The fraction of sp³-hybridized carbons (Fsp3) is 0.929. The molecular weight excluding hydrogens is 600 g/mol. The van der Waals surface area contributed by atoms with E-state index in [1.54, 1.807) is 0 Å². The number of hydrogen-bond donors (Lipinski definition) is 0. The molecule has 6 nitrogen and oxygen atoms in total. The largest absolute Gasteiger partial charge is 0.462 e. The van der Waals surface area contributed by atoms with Gasteiger partial charge in [0.1, 0.15) is 13.2 Å². The third kappa shape index (κ3) is 34.3. The average Bonchev–Trinajstić information content (AvgIpc) is 3.08. The summed E-state index contributed by atoms with van der Waals surface area (Å²) in [4.78, 5) is 37.3. The lowest BCUT2D eigenvalue weighted by Gasteiger charge is -2.18. The van der Waals surface area contributed by atoms with Gasteiger partial charge in [0.2, 0.25) is 0 Å². The molecule has 2 atom stereocenters. The van der Waals surface area contributed by atoms with Gasteiger partial charge in [-0.3, -0.25) is 14.4 Å². The lowest BCUT2D eigenvalue weighted by molar-refractivity contribution is -0.167. The first kappa shape index (κ1) is 46.4. The van der Waals surface area contributed by atoms with Crippen molar-refractivity contribution in [2.75, 3.05) is 13.2 Å². The molecule has 0 heterocycles. The van der Waals surface area contributed by atoms with Crippen LogP contribution in [0.5, 0.6) is 0 Å². The zero-order valence-electron chi connectivity index (χ0n) is 32.4. The first-order chi connectivity index (χ1) is 23.4. The van der Waals surface area contributed by atoms with Gasteiger partial charge in [-0.05, 0) is 25.2 Å². The van der Waals surface area contributed by atoms with Gasteiger partial charge < -0.3 is 14.2 Å². The van der Waals surface area contributed by atoms with E-state index in [0.717, 1.165) is 70.1 Å². The Balaban J connectivity index is 4.22. The van der Waals surface area contributed by atoms with E-state index >= 15 is 0 Å². The first-order valence-electron chi connectivity index (χ1n) is 20.9. The van der Waals surface area contributed by atoms with Gasteiger partial charge >= 0.3 is 17.9 Å². The van der Waals surface area contributed by atoms with Crippen molar-refractivity contribution in [2.45, 2.75) is 233 Å². The number of ether oxygens (including phenoxy) is 3. The molecule has 284 valence electrons. The molecule has 0 saturated heterocycles. The molecular formula is C42H80O6. The summed E-state index contributed by atoms with van der Waals surface area (Å²) in [6, 6.07) is 0. The van der Waals surface area contributed by atoms with Gasteiger partial charge in [-0.25, -0.2) is 0 Å². The Kier molecular flexibility index (Phi) is 35.5. The lowest BCUT2D eigenvalue weighted by atomic mass is 10.00. The van der Waals surface area contributed by atoms with Crippen LogP contribution in [0.25, 0.3) is 0 Å². The van der Waals surface area contributed by atoms with Crippen molar-refractivity contribution in [1.82, 2.24) is 0 Å². The molecule has 0 aliphatic carbocycles. The van der Waals surface area contributed by atoms with Gasteiger partial charge in [0.25, 0.3) is 0 Å². The van der Waals surface area contributed by atoms with Crippen molar-refractivity contribution in [3.8, 4) is 0 Å². The first-order valence-corrected chi connectivity index (χ1v) is 20.9. The molecule has 0 aliphatic rings. The molecule has 1 unspecified atom stereocenters. The van der Waals surface area contributed by atoms with Crippen LogP contribution in [0.1, 0.15) is 227 Å². The van der Waals surface area contributed by atoms with Crippen LogP contribution in [-0.4, -0.2) is 37.2 Å². The fourth-order valence-corrected chi connectivity index (χ4v) is 6.06. The monoisotopic (exact) mass is 681 g/mol. The van der Waals surface area contributed by atoms with E-state index in [0.29, 0.717) is 19.3 Å². The Bertz CT molecular complexity index is 723. The maximum Gasteiger partial charge on any atom is 0.306 e. The molecule has 0 aromatic rings. The number of rotatable bonds is 37. The summed E-state index contributed by atoms with van der Waals surface area (Å²) in [5.41, 5.74) is 0. The highest BCUT2D eigenvalue weighted by Gasteiger charge is 2.19. The van der Waals surface area contributed by atoms with Crippen molar-refractivity contribution >= 4 is 17.9 Å². The summed E-state index contributed by atoms with van der Waals surface area (Å²) in [6.45, 7) is 8.87. The molecule has 0 aromatic heterocycles. The van der Waals surface area contributed by atoms with Gasteiger partial charge in [-0.15, -0.1) is 0 Å². The second-order valence-corrected chi connectivity index (χ2v) is 14.5. The fourth-order valence-electron chi connectivity index (χ4n) is 6.06. The minimum atomic E-state index is -0.757. The topological polar surface area (TPSA) is 78.9 Å². The van der Waals surface area contributed by atoms with E-state index in [1.165, 1.54) is 116 Å². The number of hydrogen-bond acceptors (Lipinski definition) is 6. The number of carbonyl (C=O) groups excluding carboxylic acids is 3. The van der Waals surface area contributed by atoms with Crippen LogP contribution in [0.2, 0.25) is 0 Å². The standard InChI is InChI=1S/C42H80O6/c1-5-8-10-12-13-14-15-16-17-18-19-20-21-27-31-35-42(45)48-39(36-46-40(43)33-29-24-11-9-6-2)37-47-41(44)34-30-26-23-22-25-28-32-38(4)7-3/h38-39H,5-37H2,1-4H3/t38?,39-/m0/s1. The highest BCUT2D eigenvalue weighted by atomic mass is 16.6. The molecule has 48 heavy (non-hydrogen) atoms. The molecule has 0 fully saturated rings. The summed E-state index contributed by atoms with van der Waals surface area (Å²) < 4.78 is 16.5.